The molecule has 42 heavy (non-hydrogen) atoms. The predicted octanol–water partition coefficient (Wildman–Crippen LogP) is 5.41. The Kier molecular flexibility index (Phi) is 8.47. The van der Waals surface area contributed by atoms with Crippen LogP contribution in [0.3, 0.4) is 0 Å². The fraction of sp³-hybridized carbons (Fsp3) is 0.394. The van der Waals surface area contributed by atoms with E-state index in [4.69, 9.17) is 9.47 Å². The van der Waals surface area contributed by atoms with Gasteiger partial charge in [-0.05, 0) is 81.3 Å². The number of nitrogens with zero attached hydrogens (tertiary/aromatic N) is 4. The second kappa shape index (κ2) is 12.2. The molecule has 2 amide bonds. The van der Waals surface area contributed by atoms with E-state index in [1.807, 2.05) is 69.3 Å². The fourth-order valence-corrected chi connectivity index (χ4v) is 5.66. The number of aryl methyl sites for hydroxylation is 1. The summed E-state index contributed by atoms with van der Waals surface area (Å²) in [6.45, 7) is 5.87. The molecule has 0 bridgehead atoms. The lowest BCUT2D eigenvalue weighted by Crippen LogP contribution is -2.51. The predicted molar refractivity (Wildman–Crippen MR) is 163 cm³/mol. The Labute approximate surface area is 246 Å². The molecule has 1 aliphatic rings. The highest BCUT2D eigenvalue weighted by Gasteiger charge is 2.39. The minimum atomic E-state index is -1.04. The molecule has 0 saturated carbocycles. The molecule has 0 fully saturated rings. The van der Waals surface area contributed by atoms with Crippen LogP contribution in [0.2, 0.25) is 0 Å². The summed E-state index contributed by atoms with van der Waals surface area (Å²) in [7, 11) is 3.10. The Morgan fingerprint density at radius 2 is 1.76 bits per heavy atom. The summed E-state index contributed by atoms with van der Waals surface area (Å²) in [5.41, 5.74) is 4.49. The number of hydrogen-bond donors (Lipinski definition) is 1. The number of amides is 2. The Morgan fingerprint density at radius 3 is 2.52 bits per heavy atom. The van der Waals surface area contributed by atoms with E-state index >= 15 is 0 Å². The lowest BCUT2D eigenvalue weighted by atomic mass is 9.89. The van der Waals surface area contributed by atoms with E-state index in [-0.39, 0.29) is 18.4 Å². The number of benzene rings is 3. The van der Waals surface area contributed by atoms with Crippen molar-refractivity contribution >= 4 is 28.5 Å². The minimum absolute atomic E-state index is 0.0998. The number of methoxy groups -OCH3 is 2. The van der Waals surface area contributed by atoms with Crippen molar-refractivity contribution in [1.29, 1.82) is 0 Å². The zero-order valence-corrected chi connectivity index (χ0v) is 25.0. The van der Waals surface area contributed by atoms with Crippen molar-refractivity contribution in [2.75, 3.05) is 19.1 Å². The van der Waals surface area contributed by atoms with Crippen molar-refractivity contribution in [3.63, 3.8) is 0 Å². The lowest BCUT2D eigenvalue weighted by Gasteiger charge is -2.37. The first-order chi connectivity index (χ1) is 20.3. The molecule has 3 aromatic carbocycles. The number of fused-ring (bicyclic) bond motifs is 2. The van der Waals surface area contributed by atoms with Crippen LogP contribution in [-0.2, 0) is 29.0 Å². The average Bonchev–Trinajstić information content (AvgIpc) is 3.41. The van der Waals surface area contributed by atoms with Gasteiger partial charge in [0.2, 0.25) is 11.8 Å². The van der Waals surface area contributed by atoms with Crippen LogP contribution in [0.25, 0.3) is 11.0 Å². The first-order valence-corrected chi connectivity index (χ1v) is 14.5. The summed E-state index contributed by atoms with van der Waals surface area (Å²) in [6, 6.07) is 17.9. The van der Waals surface area contributed by atoms with Crippen LogP contribution in [-0.4, -0.2) is 46.6 Å². The van der Waals surface area contributed by atoms with Crippen LogP contribution in [0.15, 0.2) is 60.7 Å². The third kappa shape index (κ3) is 5.68. The molecule has 5 rings (SSSR count). The van der Waals surface area contributed by atoms with Gasteiger partial charge in [-0.3, -0.25) is 14.5 Å². The molecule has 0 spiro atoms. The maximum atomic E-state index is 14.6. The van der Waals surface area contributed by atoms with Gasteiger partial charge in [0.25, 0.3) is 0 Å². The quantitative estimate of drug-likeness (QED) is 0.274. The van der Waals surface area contributed by atoms with E-state index in [0.29, 0.717) is 29.0 Å². The molecule has 1 N–H and O–H groups in total. The Balaban J connectivity index is 1.72. The van der Waals surface area contributed by atoms with Crippen LogP contribution >= 0.6 is 0 Å². The normalized spacial score (nSPS) is 13.7. The Morgan fingerprint density at radius 1 is 1.00 bits per heavy atom. The zero-order chi connectivity index (χ0) is 29.9. The summed E-state index contributed by atoms with van der Waals surface area (Å²) in [6.07, 6.45) is 4.57. The largest absolute Gasteiger partial charge is 0.493 e. The molecule has 0 radical (unpaired) electrons. The van der Waals surface area contributed by atoms with Crippen LogP contribution in [0, 0.1) is 0 Å². The second-order valence-corrected chi connectivity index (χ2v) is 11.3. The SMILES string of the molecule is CCC(C)(C)NC(=O)C(c1cccc(OC)c1OC)N(C(=O)Cn1nnc2ccccc21)c1cccc2c1CCCC2. The number of hydrogen-bond acceptors (Lipinski definition) is 6. The number of carbonyl (C=O) groups is 2. The Bertz CT molecular complexity index is 1590. The van der Waals surface area contributed by atoms with Gasteiger partial charge in [-0.25, -0.2) is 4.68 Å². The van der Waals surface area contributed by atoms with Crippen molar-refractivity contribution in [2.45, 2.75) is 71.0 Å². The van der Waals surface area contributed by atoms with Gasteiger partial charge in [0.05, 0.1) is 19.7 Å². The minimum Gasteiger partial charge on any atom is -0.493 e. The molecular formula is C33H39N5O4. The Hall–Kier alpha value is -4.40. The van der Waals surface area contributed by atoms with Gasteiger partial charge in [0.1, 0.15) is 18.1 Å². The van der Waals surface area contributed by atoms with Crippen LogP contribution in [0.4, 0.5) is 5.69 Å². The molecule has 4 aromatic rings. The van der Waals surface area contributed by atoms with Gasteiger partial charge in [-0.15, -0.1) is 5.10 Å². The van der Waals surface area contributed by atoms with Crippen molar-refractivity contribution < 1.29 is 19.1 Å². The third-order valence-corrected chi connectivity index (χ3v) is 8.18. The van der Waals surface area contributed by atoms with E-state index in [1.165, 1.54) is 5.56 Å². The second-order valence-electron chi connectivity index (χ2n) is 11.3. The molecule has 1 unspecified atom stereocenters. The molecular weight excluding hydrogens is 530 g/mol. The summed E-state index contributed by atoms with van der Waals surface area (Å²) in [4.78, 5) is 30.7. The van der Waals surface area contributed by atoms with E-state index in [1.54, 1.807) is 29.9 Å². The zero-order valence-electron chi connectivity index (χ0n) is 25.0. The van der Waals surface area contributed by atoms with Crippen LogP contribution in [0.1, 0.15) is 62.8 Å². The number of ether oxygens (including phenoxy) is 2. The topological polar surface area (TPSA) is 98.6 Å². The van der Waals surface area contributed by atoms with Crippen LogP contribution < -0.4 is 19.7 Å². The first-order valence-electron chi connectivity index (χ1n) is 14.5. The van der Waals surface area contributed by atoms with E-state index in [0.717, 1.165) is 42.5 Å². The summed E-state index contributed by atoms with van der Waals surface area (Å²) in [5, 5.41) is 11.7. The maximum absolute atomic E-state index is 14.6. The molecule has 220 valence electrons. The number of rotatable bonds is 10. The molecule has 9 heteroatoms. The molecule has 1 aliphatic carbocycles. The van der Waals surface area contributed by atoms with E-state index < -0.39 is 11.6 Å². The number of nitrogens with one attached hydrogen (secondary N) is 1. The van der Waals surface area contributed by atoms with Gasteiger partial charge in [-0.2, -0.15) is 0 Å². The van der Waals surface area contributed by atoms with Crippen molar-refractivity contribution in [3.8, 4) is 11.5 Å². The number of para-hydroxylation sites is 2. The molecule has 9 nitrogen and oxygen atoms in total. The number of anilines is 1. The summed E-state index contributed by atoms with van der Waals surface area (Å²) < 4.78 is 13.0. The lowest BCUT2D eigenvalue weighted by molar-refractivity contribution is -0.128. The maximum Gasteiger partial charge on any atom is 0.249 e. The highest BCUT2D eigenvalue weighted by Crippen LogP contribution is 2.41. The standard InChI is InChI=1S/C33H39N5O4/c1-6-33(2,3)34-32(40)30(24-16-12-20-28(41-4)31(24)42-5)38(26-19-11-14-22-13-7-8-15-23(22)26)29(39)21-37-27-18-10-9-17-25(27)35-36-37/h9-12,14,16-20,30H,6-8,13,15,21H2,1-5H3,(H,34,40). The molecule has 1 heterocycles. The highest BCUT2D eigenvalue weighted by atomic mass is 16.5. The fourth-order valence-electron chi connectivity index (χ4n) is 5.66. The monoisotopic (exact) mass is 569 g/mol. The molecule has 0 saturated heterocycles. The average molecular weight is 570 g/mol. The number of aromatic nitrogens is 3. The smallest absolute Gasteiger partial charge is 0.249 e. The van der Waals surface area contributed by atoms with Gasteiger partial charge in [0, 0.05) is 16.8 Å². The van der Waals surface area contributed by atoms with Gasteiger partial charge in [-0.1, -0.05) is 48.5 Å². The van der Waals surface area contributed by atoms with Gasteiger partial charge >= 0.3 is 0 Å². The summed E-state index contributed by atoms with van der Waals surface area (Å²) in [5.74, 6) is 0.290. The van der Waals surface area contributed by atoms with Gasteiger partial charge in [0.15, 0.2) is 11.5 Å². The number of carbonyl (C=O) groups excluding carboxylic acids is 2. The van der Waals surface area contributed by atoms with Crippen molar-refractivity contribution in [3.05, 3.63) is 77.4 Å². The first kappa shape index (κ1) is 29.1. The van der Waals surface area contributed by atoms with E-state index in [2.05, 4.69) is 21.7 Å². The van der Waals surface area contributed by atoms with E-state index in [9.17, 15) is 9.59 Å². The van der Waals surface area contributed by atoms with Crippen LogP contribution in [0.5, 0.6) is 11.5 Å². The summed E-state index contributed by atoms with van der Waals surface area (Å²) >= 11 is 0. The van der Waals surface area contributed by atoms with Gasteiger partial charge < -0.3 is 14.8 Å². The molecule has 1 atom stereocenters. The highest BCUT2D eigenvalue weighted by molar-refractivity contribution is 6.03. The molecule has 0 aliphatic heterocycles. The third-order valence-electron chi connectivity index (χ3n) is 8.18. The van der Waals surface area contributed by atoms with Crippen molar-refractivity contribution in [1.82, 2.24) is 20.3 Å². The van der Waals surface area contributed by atoms with Crippen molar-refractivity contribution in [2.24, 2.45) is 0 Å². The molecule has 1 aromatic heterocycles.